The number of rotatable bonds is 4. The summed E-state index contributed by atoms with van der Waals surface area (Å²) in [6, 6.07) is 18.4. The van der Waals surface area contributed by atoms with Crippen molar-refractivity contribution in [3.63, 3.8) is 0 Å². The first-order valence-electron chi connectivity index (χ1n) is 6.45. The summed E-state index contributed by atoms with van der Waals surface area (Å²) < 4.78 is 0. The highest BCUT2D eigenvalue weighted by molar-refractivity contribution is 5.30. The van der Waals surface area contributed by atoms with Crippen molar-refractivity contribution in [2.45, 2.75) is 26.4 Å². The molecule has 0 aromatic heterocycles. The van der Waals surface area contributed by atoms with Crippen LogP contribution in [0.5, 0.6) is 0 Å². The number of nitrogens with one attached hydrogen (secondary N) is 1. The normalized spacial score (nSPS) is 11.8. The monoisotopic (exact) mass is 250 g/mol. The summed E-state index contributed by atoms with van der Waals surface area (Å²) in [5.74, 6) is 0. The van der Waals surface area contributed by atoms with E-state index in [2.05, 4.69) is 36.5 Å². The van der Waals surface area contributed by atoms with Crippen LogP contribution in [-0.2, 0) is 6.54 Å². The molecule has 0 saturated heterocycles. The van der Waals surface area contributed by atoms with Crippen molar-refractivity contribution in [1.82, 2.24) is 5.32 Å². The van der Waals surface area contributed by atoms with Crippen LogP contribution in [0.3, 0.4) is 0 Å². The Balaban J connectivity index is 2.09. The molecule has 0 spiro atoms. The van der Waals surface area contributed by atoms with Gasteiger partial charge in [0.2, 0.25) is 0 Å². The van der Waals surface area contributed by atoms with Crippen LogP contribution >= 0.6 is 0 Å². The van der Waals surface area contributed by atoms with Crippen LogP contribution in [-0.4, -0.2) is 0 Å². The highest BCUT2D eigenvalue weighted by Gasteiger charge is 2.10. The standard InChI is InChI=1S/C17H18N2/c1-13-6-5-9-15(10-13)17(11-18)19-12-16-8-4-3-7-14(16)2/h3-10,17,19H,12H2,1-2H3. The van der Waals surface area contributed by atoms with Crippen LogP contribution in [0.25, 0.3) is 0 Å². The summed E-state index contributed by atoms with van der Waals surface area (Å²) >= 11 is 0. The second-order valence-electron chi connectivity index (χ2n) is 4.78. The summed E-state index contributed by atoms with van der Waals surface area (Å²) in [5, 5.41) is 12.6. The SMILES string of the molecule is Cc1cccc(C(C#N)NCc2ccccc2C)c1. The fraction of sp³-hybridized carbons (Fsp3) is 0.235. The van der Waals surface area contributed by atoms with Crippen LogP contribution in [0.1, 0.15) is 28.3 Å². The van der Waals surface area contributed by atoms with Crippen molar-refractivity contribution >= 4 is 0 Å². The predicted molar refractivity (Wildman–Crippen MR) is 77.6 cm³/mol. The van der Waals surface area contributed by atoms with Gasteiger partial charge in [-0.3, -0.25) is 5.32 Å². The second kappa shape index (κ2) is 6.17. The maximum atomic E-state index is 9.31. The molecule has 0 aliphatic rings. The van der Waals surface area contributed by atoms with E-state index in [1.165, 1.54) is 16.7 Å². The van der Waals surface area contributed by atoms with Gasteiger partial charge in [0.25, 0.3) is 0 Å². The van der Waals surface area contributed by atoms with Crippen molar-refractivity contribution in [3.8, 4) is 6.07 Å². The van der Waals surface area contributed by atoms with Gasteiger partial charge in [0.05, 0.1) is 6.07 Å². The molecule has 19 heavy (non-hydrogen) atoms. The zero-order valence-electron chi connectivity index (χ0n) is 11.4. The number of nitriles is 1. The molecule has 2 heteroatoms. The van der Waals surface area contributed by atoms with Gasteiger partial charge in [-0.1, -0.05) is 54.1 Å². The van der Waals surface area contributed by atoms with Crippen molar-refractivity contribution in [2.75, 3.05) is 0 Å². The highest BCUT2D eigenvalue weighted by atomic mass is 14.9. The maximum absolute atomic E-state index is 9.31. The molecule has 2 aromatic carbocycles. The highest BCUT2D eigenvalue weighted by Crippen LogP contribution is 2.15. The molecule has 1 unspecified atom stereocenters. The van der Waals surface area contributed by atoms with E-state index in [9.17, 15) is 5.26 Å². The third-order valence-corrected chi connectivity index (χ3v) is 3.26. The zero-order valence-corrected chi connectivity index (χ0v) is 11.4. The van der Waals surface area contributed by atoms with Gasteiger partial charge in [0, 0.05) is 6.54 Å². The van der Waals surface area contributed by atoms with Crippen LogP contribution in [0.2, 0.25) is 0 Å². The van der Waals surface area contributed by atoms with Crippen LogP contribution < -0.4 is 5.32 Å². The van der Waals surface area contributed by atoms with Crippen LogP contribution in [0.15, 0.2) is 48.5 Å². The van der Waals surface area contributed by atoms with Crippen molar-refractivity contribution in [1.29, 1.82) is 5.26 Å². The number of hydrogen-bond donors (Lipinski definition) is 1. The minimum absolute atomic E-state index is 0.264. The van der Waals surface area contributed by atoms with E-state index in [-0.39, 0.29) is 6.04 Å². The van der Waals surface area contributed by atoms with Gasteiger partial charge in [-0.15, -0.1) is 0 Å². The molecule has 2 nitrogen and oxygen atoms in total. The van der Waals surface area contributed by atoms with Gasteiger partial charge in [-0.25, -0.2) is 0 Å². The molecule has 2 rings (SSSR count). The lowest BCUT2D eigenvalue weighted by atomic mass is 10.0. The smallest absolute Gasteiger partial charge is 0.121 e. The Labute approximate surface area is 114 Å². The van der Waals surface area contributed by atoms with Gasteiger partial charge in [0.15, 0.2) is 0 Å². The summed E-state index contributed by atoms with van der Waals surface area (Å²) in [6.45, 7) is 4.84. The van der Waals surface area contributed by atoms with E-state index in [0.717, 1.165) is 5.56 Å². The summed E-state index contributed by atoms with van der Waals surface area (Å²) in [4.78, 5) is 0. The van der Waals surface area contributed by atoms with Crippen molar-refractivity contribution in [3.05, 3.63) is 70.8 Å². The third kappa shape index (κ3) is 3.43. The number of aryl methyl sites for hydroxylation is 2. The summed E-state index contributed by atoms with van der Waals surface area (Å²) in [7, 11) is 0. The van der Waals surface area contributed by atoms with E-state index in [1.54, 1.807) is 0 Å². The van der Waals surface area contributed by atoms with E-state index >= 15 is 0 Å². The average molecular weight is 250 g/mol. The Morgan fingerprint density at radius 1 is 1.11 bits per heavy atom. The first-order chi connectivity index (χ1) is 9.20. The Morgan fingerprint density at radius 2 is 1.89 bits per heavy atom. The van der Waals surface area contributed by atoms with Gasteiger partial charge in [-0.05, 0) is 30.5 Å². The molecule has 96 valence electrons. The third-order valence-electron chi connectivity index (χ3n) is 3.26. The van der Waals surface area contributed by atoms with Gasteiger partial charge >= 0.3 is 0 Å². The molecule has 0 saturated carbocycles. The zero-order chi connectivity index (χ0) is 13.7. The lowest BCUT2D eigenvalue weighted by molar-refractivity contribution is 0.628. The minimum atomic E-state index is -0.264. The largest absolute Gasteiger partial charge is 0.294 e. The first kappa shape index (κ1) is 13.3. The Kier molecular flexibility index (Phi) is 4.33. The first-order valence-corrected chi connectivity index (χ1v) is 6.45. The lowest BCUT2D eigenvalue weighted by Crippen LogP contribution is -2.20. The van der Waals surface area contributed by atoms with Crippen LogP contribution in [0, 0.1) is 25.2 Å². The van der Waals surface area contributed by atoms with Crippen molar-refractivity contribution in [2.24, 2.45) is 0 Å². The van der Waals surface area contributed by atoms with Crippen molar-refractivity contribution < 1.29 is 0 Å². The summed E-state index contributed by atoms with van der Waals surface area (Å²) in [5.41, 5.74) is 4.68. The van der Waals surface area contributed by atoms with E-state index < -0.39 is 0 Å². The molecule has 0 fully saturated rings. The molecule has 0 aliphatic carbocycles. The Bertz CT molecular complexity index is 596. The molecule has 0 bridgehead atoms. The molecular formula is C17H18N2. The molecule has 0 amide bonds. The fourth-order valence-electron chi connectivity index (χ4n) is 2.11. The second-order valence-corrected chi connectivity index (χ2v) is 4.78. The fourth-order valence-corrected chi connectivity index (χ4v) is 2.11. The molecule has 1 atom stereocenters. The number of nitrogens with zero attached hydrogens (tertiary/aromatic N) is 1. The Hall–Kier alpha value is -2.11. The van der Waals surface area contributed by atoms with Gasteiger partial charge < -0.3 is 0 Å². The molecule has 0 aliphatic heterocycles. The molecular weight excluding hydrogens is 232 g/mol. The summed E-state index contributed by atoms with van der Waals surface area (Å²) in [6.07, 6.45) is 0. The van der Waals surface area contributed by atoms with E-state index in [1.807, 2.05) is 37.3 Å². The molecule has 0 heterocycles. The number of hydrogen-bond acceptors (Lipinski definition) is 2. The quantitative estimate of drug-likeness (QED) is 0.899. The van der Waals surface area contributed by atoms with Gasteiger partial charge in [0.1, 0.15) is 6.04 Å². The molecule has 0 radical (unpaired) electrons. The maximum Gasteiger partial charge on any atom is 0.121 e. The van der Waals surface area contributed by atoms with E-state index in [4.69, 9.17) is 0 Å². The topological polar surface area (TPSA) is 35.8 Å². The predicted octanol–water partition coefficient (Wildman–Crippen LogP) is 3.66. The Morgan fingerprint density at radius 3 is 2.58 bits per heavy atom. The average Bonchev–Trinajstić information content (AvgIpc) is 2.41. The molecule has 2 aromatic rings. The minimum Gasteiger partial charge on any atom is -0.294 e. The lowest BCUT2D eigenvalue weighted by Gasteiger charge is -2.13. The molecule has 1 N–H and O–H groups in total. The van der Waals surface area contributed by atoms with Gasteiger partial charge in [-0.2, -0.15) is 5.26 Å². The van der Waals surface area contributed by atoms with E-state index in [0.29, 0.717) is 6.54 Å². The van der Waals surface area contributed by atoms with Crippen LogP contribution in [0.4, 0.5) is 0 Å². The number of benzene rings is 2.